The van der Waals surface area contributed by atoms with Crippen LogP contribution in [0, 0.1) is 0 Å². The number of hydrogen-bond acceptors (Lipinski definition) is 4. The fourth-order valence-corrected chi connectivity index (χ4v) is 1.41. The summed E-state index contributed by atoms with van der Waals surface area (Å²) in [6.07, 6.45) is 1.34. The number of hydrogen-bond donors (Lipinski definition) is 3. The lowest BCUT2D eigenvalue weighted by Gasteiger charge is -2.07. The Balaban J connectivity index is 2.29. The number of aromatic carboxylic acids is 1. The highest BCUT2D eigenvalue weighted by atomic mass is 16.4. The van der Waals surface area contributed by atoms with E-state index in [2.05, 4.69) is 5.32 Å². The van der Waals surface area contributed by atoms with Crippen molar-refractivity contribution in [3.05, 3.63) is 47.9 Å². The minimum atomic E-state index is -1.25. The maximum Gasteiger partial charge on any atom is 0.337 e. The molecule has 0 aliphatic carbocycles. The first-order valence-electron chi connectivity index (χ1n) is 4.99. The Morgan fingerprint density at radius 1 is 1.22 bits per heavy atom. The van der Waals surface area contributed by atoms with Crippen LogP contribution in [0.4, 0.5) is 5.69 Å². The molecule has 3 N–H and O–H groups in total. The molecule has 1 amide bonds. The zero-order valence-corrected chi connectivity index (χ0v) is 9.08. The number of carbonyl (C=O) groups excluding carboxylic acids is 1. The number of furan rings is 1. The van der Waals surface area contributed by atoms with Crippen molar-refractivity contribution in [2.24, 2.45) is 0 Å². The van der Waals surface area contributed by atoms with E-state index < -0.39 is 11.9 Å². The van der Waals surface area contributed by atoms with E-state index in [0.717, 1.165) is 6.07 Å². The van der Waals surface area contributed by atoms with Gasteiger partial charge >= 0.3 is 5.97 Å². The molecule has 1 aromatic carbocycles. The van der Waals surface area contributed by atoms with Crippen LogP contribution in [0.1, 0.15) is 20.9 Å². The Labute approximate surface area is 101 Å². The molecular weight excluding hydrogens is 238 g/mol. The van der Waals surface area contributed by atoms with Crippen molar-refractivity contribution in [2.75, 3.05) is 5.32 Å². The number of phenols is 1. The second kappa shape index (κ2) is 4.62. The second-order valence-electron chi connectivity index (χ2n) is 3.47. The van der Waals surface area contributed by atoms with E-state index in [1.165, 1.54) is 24.5 Å². The van der Waals surface area contributed by atoms with E-state index in [-0.39, 0.29) is 22.8 Å². The predicted molar refractivity (Wildman–Crippen MR) is 61.7 cm³/mol. The van der Waals surface area contributed by atoms with E-state index in [1.807, 2.05) is 0 Å². The van der Waals surface area contributed by atoms with Gasteiger partial charge in [0.1, 0.15) is 5.75 Å². The van der Waals surface area contributed by atoms with Crippen molar-refractivity contribution in [2.45, 2.75) is 0 Å². The zero-order valence-electron chi connectivity index (χ0n) is 9.08. The molecule has 0 saturated heterocycles. The molecule has 1 heterocycles. The number of phenolic OH excluding ortho intramolecular Hbond substituents is 1. The third kappa shape index (κ3) is 2.32. The van der Waals surface area contributed by atoms with Crippen molar-refractivity contribution in [1.29, 1.82) is 0 Å². The van der Waals surface area contributed by atoms with Crippen molar-refractivity contribution >= 4 is 17.6 Å². The van der Waals surface area contributed by atoms with Gasteiger partial charge in [0.2, 0.25) is 0 Å². The SMILES string of the molecule is O=C(Nc1ccc(O)cc1C(=O)O)c1ccco1. The van der Waals surface area contributed by atoms with Gasteiger partial charge in [0, 0.05) is 0 Å². The first-order valence-corrected chi connectivity index (χ1v) is 4.99. The Hall–Kier alpha value is -2.76. The van der Waals surface area contributed by atoms with E-state index in [0.29, 0.717) is 0 Å². The highest BCUT2D eigenvalue weighted by Gasteiger charge is 2.15. The average molecular weight is 247 g/mol. The smallest absolute Gasteiger partial charge is 0.337 e. The molecule has 0 fully saturated rings. The minimum absolute atomic E-state index is 0.0689. The van der Waals surface area contributed by atoms with E-state index in [4.69, 9.17) is 9.52 Å². The first-order chi connectivity index (χ1) is 8.58. The number of carbonyl (C=O) groups is 2. The molecule has 0 spiro atoms. The molecule has 6 nitrogen and oxygen atoms in total. The van der Waals surface area contributed by atoms with Gasteiger partial charge in [-0.05, 0) is 30.3 Å². The van der Waals surface area contributed by atoms with Gasteiger partial charge < -0.3 is 19.9 Å². The molecule has 0 unspecified atom stereocenters. The van der Waals surface area contributed by atoms with E-state index in [1.54, 1.807) is 6.07 Å². The van der Waals surface area contributed by atoms with Crippen LogP contribution in [0.5, 0.6) is 5.75 Å². The fraction of sp³-hybridized carbons (Fsp3) is 0. The Morgan fingerprint density at radius 2 is 2.00 bits per heavy atom. The molecule has 0 bridgehead atoms. The summed E-state index contributed by atoms with van der Waals surface area (Å²) in [4.78, 5) is 22.6. The van der Waals surface area contributed by atoms with Gasteiger partial charge in [0.15, 0.2) is 5.76 Å². The van der Waals surface area contributed by atoms with Gasteiger partial charge in [0.05, 0.1) is 17.5 Å². The van der Waals surface area contributed by atoms with Crippen LogP contribution in [-0.2, 0) is 0 Å². The monoisotopic (exact) mass is 247 g/mol. The van der Waals surface area contributed by atoms with Crippen LogP contribution in [-0.4, -0.2) is 22.1 Å². The number of rotatable bonds is 3. The standard InChI is InChI=1S/C12H9NO5/c14-7-3-4-9(8(6-7)12(16)17)13-11(15)10-2-1-5-18-10/h1-6,14H,(H,13,15)(H,16,17). The Bertz CT molecular complexity index is 589. The van der Waals surface area contributed by atoms with Crippen molar-refractivity contribution in [3.63, 3.8) is 0 Å². The number of anilines is 1. The molecule has 0 aliphatic heterocycles. The summed E-state index contributed by atoms with van der Waals surface area (Å²) in [6, 6.07) is 6.64. The van der Waals surface area contributed by atoms with Gasteiger partial charge in [-0.2, -0.15) is 0 Å². The molecule has 0 saturated carbocycles. The van der Waals surface area contributed by atoms with E-state index >= 15 is 0 Å². The molecule has 0 aliphatic rings. The third-order valence-electron chi connectivity index (χ3n) is 2.23. The normalized spacial score (nSPS) is 10.0. The second-order valence-corrected chi connectivity index (χ2v) is 3.47. The first kappa shape index (κ1) is 11.7. The highest BCUT2D eigenvalue weighted by Crippen LogP contribution is 2.22. The highest BCUT2D eigenvalue weighted by molar-refractivity contribution is 6.06. The van der Waals surface area contributed by atoms with Crippen LogP contribution in [0.25, 0.3) is 0 Å². The average Bonchev–Trinajstić information content (AvgIpc) is 2.84. The largest absolute Gasteiger partial charge is 0.508 e. The van der Waals surface area contributed by atoms with Gasteiger partial charge in [-0.15, -0.1) is 0 Å². The Kier molecular flexibility index (Phi) is 3.01. The minimum Gasteiger partial charge on any atom is -0.508 e. The summed E-state index contributed by atoms with van der Waals surface area (Å²) in [5, 5.41) is 20.6. The number of nitrogens with one attached hydrogen (secondary N) is 1. The summed E-state index contributed by atoms with van der Waals surface area (Å²) in [5.74, 6) is -1.93. The number of carboxylic acids is 1. The molecule has 0 radical (unpaired) electrons. The van der Waals surface area contributed by atoms with Gasteiger partial charge in [-0.1, -0.05) is 0 Å². The predicted octanol–water partition coefficient (Wildman–Crippen LogP) is 1.94. The summed E-state index contributed by atoms with van der Waals surface area (Å²) in [7, 11) is 0. The lowest BCUT2D eigenvalue weighted by atomic mass is 10.1. The van der Waals surface area contributed by atoms with E-state index in [9.17, 15) is 14.7 Å². The molecule has 18 heavy (non-hydrogen) atoms. The summed E-state index contributed by atoms with van der Waals surface area (Å²) >= 11 is 0. The van der Waals surface area contributed by atoms with Crippen LogP contribution in [0.2, 0.25) is 0 Å². The van der Waals surface area contributed by atoms with Crippen molar-refractivity contribution < 1.29 is 24.2 Å². The lowest BCUT2D eigenvalue weighted by molar-refractivity contribution is 0.0697. The number of benzene rings is 1. The number of aromatic hydroxyl groups is 1. The van der Waals surface area contributed by atoms with Crippen LogP contribution in [0.15, 0.2) is 41.0 Å². The van der Waals surface area contributed by atoms with Crippen LogP contribution in [0.3, 0.4) is 0 Å². The van der Waals surface area contributed by atoms with Crippen molar-refractivity contribution in [3.8, 4) is 5.75 Å². The third-order valence-corrected chi connectivity index (χ3v) is 2.23. The molecule has 2 rings (SSSR count). The molecule has 2 aromatic rings. The zero-order chi connectivity index (χ0) is 13.1. The van der Waals surface area contributed by atoms with Crippen molar-refractivity contribution in [1.82, 2.24) is 0 Å². The molecule has 1 aromatic heterocycles. The molecule has 0 atom stereocenters. The summed E-state index contributed by atoms with van der Waals surface area (Å²) in [5.41, 5.74) is -0.114. The molecule has 6 heteroatoms. The van der Waals surface area contributed by atoms with Crippen LogP contribution >= 0.6 is 0 Å². The summed E-state index contributed by atoms with van der Waals surface area (Å²) in [6.45, 7) is 0. The fourth-order valence-electron chi connectivity index (χ4n) is 1.41. The number of carboxylic acid groups (broad SMARTS) is 1. The van der Waals surface area contributed by atoms with Gasteiger partial charge in [-0.25, -0.2) is 4.79 Å². The lowest BCUT2D eigenvalue weighted by Crippen LogP contribution is -2.14. The summed E-state index contributed by atoms with van der Waals surface area (Å²) < 4.78 is 4.88. The maximum absolute atomic E-state index is 11.7. The topological polar surface area (TPSA) is 99.8 Å². The molecule has 92 valence electrons. The van der Waals surface area contributed by atoms with Crippen LogP contribution < -0.4 is 5.32 Å². The Morgan fingerprint density at radius 3 is 2.61 bits per heavy atom. The van der Waals surface area contributed by atoms with Gasteiger partial charge in [0.25, 0.3) is 5.91 Å². The van der Waals surface area contributed by atoms with Gasteiger partial charge in [-0.3, -0.25) is 4.79 Å². The maximum atomic E-state index is 11.7. The number of amides is 1. The molecular formula is C12H9NO5. The quantitative estimate of drug-likeness (QED) is 0.719.